The van der Waals surface area contributed by atoms with Gasteiger partial charge in [0.25, 0.3) is 5.69 Å². The third kappa shape index (κ3) is 7.72. The summed E-state index contributed by atoms with van der Waals surface area (Å²) >= 11 is 1.75. The maximum Gasteiger partial charge on any atom is 0.271 e. The van der Waals surface area contributed by atoms with Gasteiger partial charge in [0.2, 0.25) is 15.9 Å². The predicted molar refractivity (Wildman–Crippen MR) is 127 cm³/mol. The molecule has 0 heterocycles. The number of methoxy groups -OCH3 is 1. The van der Waals surface area contributed by atoms with Crippen LogP contribution in [0.5, 0.6) is 5.75 Å². The number of thioether (sulfide) groups is 1. The Hall–Kier alpha value is -2.79. The van der Waals surface area contributed by atoms with Crippen molar-refractivity contribution in [1.29, 1.82) is 0 Å². The number of nitrogens with one attached hydrogen (secondary N) is 1. The van der Waals surface area contributed by atoms with Crippen molar-refractivity contribution in [2.24, 2.45) is 0 Å². The number of carbonyl (C=O) groups excluding carboxylic acids is 1. The predicted octanol–water partition coefficient (Wildman–Crippen LogP) is 3.12. The molecular weight excluding hydrogens is 454 g/mol. The summed E-state index contributed by atoms with van der Waals surface area (Å²) in [6, 6.07) is 11.9. The molecule has 0 aliphatic carbocycles. The van der Waals surface area contributed by atoms with E-state index in [9.17, 15) is 23.3 Å². The summed E-state index contributed by atoms with van der Waals surface area (Å²) in [4.78, 5) is 22.8. The minimum Gasteiger partial charge on any atom is -0.495 e. The van der Waals surface area contributed by atoms with Crippen molar-refractivity contribution in [2.45, 2.75) is 19.1 Å². The number of rotatable bonds is 12. The summed E-state index contributed by atoms with van der Waals surface area (Å²) in [6.45, 7) is 1.93. The van der Waals surface area contributed by atoms with Crippen molar-refractivity contribution < 1.29 is 22.9 Å². The van der Waals surface area contributed by atoms with Crippen molar-refractivity contribution in [3.05, 3.63) is 63.7 Å². The van der Waals surface area contributed by atoms with Crippen LogP contribution in [-0.2, 0) is 20.6 Å². The number of nitro groups is 1. The number of nitrogens with zero attached hydrogens (tertiary/aromatic N) is 2. The Bertz CT molecular complexity index is 1060. The minimum absolute atomic E-state index is 0.0620. The number of hydrogen-bond donors (Lipinski definition) is 1. The van der Waals surface area contributed by atoms with E-state index in [1.165, 1.54) is 30.4 Å². The molecule has 0 aliphatic rings. The summed E-state index contributed by atoms with van der Waals surface area (Å²) in [7, 11) is -2.58. The Morgan fingerprint density at radius 3 is 2.62 bits per heavy atom. The average molecular weight is 482 g/mol. The van der Waals surface area contributed by atoms with Gasteiger partial charge in [0.1, 0.15) is 18.0 Å². The first kappa shape index (κ1) is 25.5. The first-order valence-electron chi connectivity index (χ1n) is 9.82. The number of nitro benzene ring substituents is 1. The summed E-state index contributed by atoms with van der Waals surface area (Å²) in [5.74, 6) is 1.32. The normalized spacial score (nSPS) is 11.1. The highest BCUT2D eigenvalue weighted by Gasteiger charge is 2.26. The monoisotopic (exact) mass is 481 g/mol. The van der Waals surface area contributed by atoms with Gasteiger partial charge in [0, 0.05) is 24.4 Å². The van der Waals surface area contributed by atoms with Crippen LogP contribution in [0.2, 0.25) is 0 Å². The summed E-state index contributed by atoms with van der Waals surface area (Å²) in [5, 5.41) is 13.8. The van der Waals surface area contributed by atoms with E-state index in [1.54, 1.807) is 11.8 Å². The van der Waals surface area contributed by atoms with E-state index < -0.39 is 27.4 Å². The molecule has 9 nitrogen and oxygen atoms in total. The van der Waals surface area contributed by atoms with Gasteiger partial charge < -0.3 is 10.1 Å². The number of benzene rings is 2. The minimum atomic E-state index is -3.90. The van der Waals surface area contributed by atoms with Gasteiger partial charge >= 0.3 is 0 Å². The number of hydrogen-bond acceptors (Lipinski definition) is 7. The second-order valence-electron chi connectivity index (χ2n) is 7.13. The number of ether oxygens (including phenoxy) is 1. The van der Waals surface area contributed by atoms with Gasteiger partial charge in [0.15, 0.2) is 0 Å². The van der Waals surface area contributed by atoms with E-state index in [4.69, 9.17) is 4.74 Å². The zero-order valence-electron chi connectivity index (χ0n) is 18.2. The standard InChI is InChI=1S/C21H27N3O6S2/c1-16-6-4-7-17(12-16)15-31-11-5-10-22-21(25)14-23(32(3,28)29)19-13-18(24(26)27)8-9-20(19)30-2/h4,6-9,12-13H,5,10-11,14-15H2,1-3H3,(H,22,25). The molecule has 0 saturated heterocycles. The summed E-state index contributed by atoms with van der Waals surface area (Å²) < 4.78 is 30.6. The molecule has 2 rings (SSSR count). The zero-order chi connectivity index (χ0) is 23.7. The molecule has 0 saturated carbocycles. The Labute approximate surface area is 192 Å². The van der Waals surface area contributed by atoms with Crippen LogP contribution in [-0.4, -0.2) is 51.5 Å². The van der Waals surface area contributed by atoms with Crippen molar-refractivity contribution >= 4 is 39.1 Å². The topological polar surface area (TPSA) is 119 Å². The lowest BCUT2D eigenvalue weighted by Crippen LogP contribution is -2.40. The van der Waals surface area contributed by atoms with Crippen LogP contribution in [0.3, 0.4) is 0 Å². The highest BCUT2D eigenvalue weighted by molar-refractivity contribution is 7.98. The van der Waals surface area contributed by atoms with E-state index in [1.807, 2.05) is 19.1 Å². The molecule has 0 aromatic heterocycles. The second-order valence-corrected chi connectivity index (χ2v) is 10.1. The zero-order valence-corrected chi connectivity index (χ0v) is 19.9. The Morgan fingerprint density at radius 2 is 2.00 bits per heavy atom. The number of non-ortho nitro benzene ring substituents is 1. The van der Waals surface area contributed by atoms with Crippen LogP contribution in [0.25, 0.3) is 0 Å². The first-order valence-corrected chi connectivity index (χ1v) is 12.8. The molecule has 1 amide bonds. The van der Waals surface area contributed by atoms with Gasteiger partial charge in [-0.1, -0.05) is 29.8 Å². The van der Waals surface area contributed by atoms with Crippen LogP contribution in [0, 0.1) is 17.0 Å². The van der Waals surface area contributed by atoms with Crippen molar-refractivity contribution in [2.75, 3.05) is 36.5 Å². The smallest absolute Gasteiger partial charge is 0.271 e. The van der Waals surface area contributed by atoms with Gasteiger partial charge in [-0.2, -0.15) is 11.8 Å². The van der Waals surface area contributed by atoms with Crippen LogP contribution in [0.1, 0.15) is 17.5 Å². The molecule has 0 spiro atoms. The number of amides is 1. The molecule has 0 fully saturated rings. The van der Waals surface area contributed by atoms with Gasteiger partial charge in [-0.25, -0.2) is 8.42 Å². The van der Waals surface area contributed by atoms with Crippen LogP contribution in [0.15, 0.2) is 42.5 Å². The van der Waals surface area contributed by atoms with E-state index >= 15 is 0 Å². The number of aryl methyl sites for hydroxylation is 1. The van der Waals surface area contributed by atoms with Crippen LogP contribution < -0.4 is 14.4 Å². The molecule has 2 aromatic rings. The van der Waals surface area contributed by atoms with Crippen molar-refractivity contribution in [1.82, 2.24) is 5.32 Å². The molecule has 174 valence electrons. The van der Waals surface area contributed by atoms with Gasteiger partial charge in [0.05, 0.1) is 18.3 Å². The second kappa shape index (κ2) is 11.7. The van der Waals surface area contributed by atoms with Crippen LogP contribution in [0.4, 0.5) is 11.4 Å². The molecule has 0 atom stereocenters. The molecule has 1 N–H and O–H groups in total. The van der Waals surface area contributed by atoms with E-state index in [0.29, 0.717) is 6.54 Å². The van der Waals surface area contributed by atoms with Crippen molar-refractivity contribution in [3.8, 4) is 5.75 Å². The van der Waals surface area contributed by atoms with Crippen LogP contribution >= 0.6 is 11.8 Å². The van der Waals surface area contributed by atoms with Gasteiger partial charge in [-0.15, -0.1) is 0 Å². The number of sulfonamides is 1. The third-order valence-corrected chi connectivity index (χ3v) is 6.71. The highest BCUT2D eigenvalue weighted by Crippen LogP contribution is 2.33. The molecule has 0 radical (unpaired) electrons. The van der Waals surface area contributed by atoms with E-state index in [-0.39, 0.29) is 17.1 Å². The fourth-order valence-corrected chi connectivity index (χ4v) is 4.71. The fourth-order valence-electron chi connectivity index (χ4n) is 2.95. The molecular formula is C21H27N3O6S2. The van der Waals surface area contributed by atoms with E-state index in [0.717, 1.165) is 34.6 Å². The van der Waals surface area contributed by atoms with E-state index in [2.05, 4.69) is 17.4 Å². The molecule has 2 aromatic carbocycles. The maximum atomic E-state index is 12.4. The Kier molecular flexibility index (Phi) is 9.33. The highest BCUT2D eigenvalue weighted by atomic mass is 32.2. The van der Waals surface area contributed by atoms with Gasteiger partial charge in [-0.05, 0) is 30.7 Å². The quantitative estimate of drug-likeness (QED) is 0.281. The largest absolute Gasteiger partial charge is 0.495 e. The SMILES string of the molecule is COc1ccc([N+](=O)[O-])cc1N(CC(=O)NCCCSCc1cccc(C)c1)S(C)(=O)=O. The maximum absolute atomic E-state index is 12.4. The lowest BCUT2D eigenvalue weighted by atomic mass is 10.2. The number of carbonyl (C=O) groups is 1. The summed E-state index contributed by atoms with van der Waals surface area (Å²) in [6.07, 6.45) is 1.65. The summed E-state index contributed by atoms with van der Waals surface area (Å²) in [5.41, 5.74) is 2.09. The Morgan fingerprint density at radius 1 is 1.25 bits per heavy atom. The number of anilines is 1. The fraction of sp³-hybridized carbons (Fsp3) is 0.381. The van der Waals surface area contributed by atoms with Gasteiger partial charge in [-0.3, -0.25) is 19.2 Å². The lowest BCUT2D eigenvalue weighted by Gasteiger charge is -2.23. The lowest BCUT2D eigenvalue weighted by molar-refractivity contribution is -0.384. The molecule has 0 bridgehead atoms. The molecule has 11 heteroatoms. The third-order valence-electron chi connectivity index (χ3n) is 4.47. The Balaban J connectivity index is 1.92. The molecule has 32 heavy (non-hydrogen) atoms. The molecule has 0 unspecified atom stereocenters. The average Bonchev–Trinajstić information content (AvgIpc) is 2.73. The first-order chi connectivity index (χ1) is 15.1. The molecule has 0 aliphatic heterocycles. The van der Waals surface area contributed by atoms with Crippen molar-refractivity contribution in [3.63, 3.8) is 0 Å².